The van der Waals surface area contributed by atoms with Crippen molar-refractivity contribution in [1.29, 1.82) is 0 Å². The Morgan fingerprint density at radius 1 is 0.892 bits per heavy atom. The summed E-state index contributed by atoms with van der Waals surface area (Å²) in [5.41, 5.74) is 4.78. The zero-order valence-electron chi connectivity index (χ0n) is 21.1. The lowest BCUT2D eigenvalue weighted by molar-refractivity contribution is 0.817. The first-order valence-electron chi connectivity index (χ1n) is 11.5. The highest BCUT2D eigenvalue weighted by molar-refractivity contribution is 7.98. The van der Waals surface area contributed by atoms with Gasteiger partial charge in [-0.15, -0.1) is 0 Å². The Morgan fingerprint density at radius 3 is 2.08 bits per heavy atom. The van der Waals surface area contributed by atoms with E-state index in [1.54, 1.807) is 32.9 Å². The summed E-state index contributed by atoms with van der Waals surface area (Å²) >= 11 is 8.92. The van der Waals surface area contributed by atoms with Crippen LogP contribution < -0.4 is 10.9 Å². The van der Waals surface area contributed by atoms with Gasteiger partial charge >= 0.3 is 0 Å². The molecule has 0 spiro atoms. The molecule has 0 saturated heterocycles. The lowest BCUT2D eigenvalue weighted by atomic mass is 10.3. The summed E-state index contributed by atoms with van der Waals surface area (Å²) in [5.74, 6) is 0.646. The summed E-state index contributed by atoms with van der Waals surface area (Å²) in [6.45, 7) is 4.69. The number of nitrogens with zero attached hydrogens (tertiary/aromatic N) is 9. The molecule has 14 heteroatoms. The maximum atomic E-state index is 11.4. The van der Waals surface area contributed by atoms with E-state index in [4.69, 9.17) is 11.6 Å². The number of nitrogens with one attached hydrogen (secondary N) is 1. The van der Waals surface area contributed by atoms with Crippen molar-refractivity contribution in [3.63, 3.8) is 0 Å². The summed E-state index contributed by atoms with van der Waals surface area (Å²) in [6.07, 6.45) is 11.0. The van der Waals surface area contributed by atoms with E-state index in [9.17, 15) is 4.79 Å². The van der Waals surface area contributed by atoms with E-state index in [0.29, 0.717) is 28.1 Å². The molecule has 0 aliphatic carbocycles. The third kappa shape index (κ3) is 5.89. The van der Waals surface area contributed by atoms with E-state index in [1.165, 1.54) is 23.5 Å². The summed E-state index contributed by atoms with van der Waals surface area (Å²) in [7, 11) is 1.74. The molecular formula is C23H27ClN10OS2. The lowest BCUT2D eigenvalue weighted by Gasteiger charge is -2.09. The topological polar surface area (TPSA) is 120 Å². The molecule has 5 aromatic rings. The van der Waals surface area contributed by atoms with Gasteiger partial charge in [-0.1, -0.05) is 43.4 Å². The van der Waals surface area contributed by atoms with Crippen molar-refractivity contribution in [3.05, 3.63) is 63.1 Å². The molecule has 37 heavy (non-hydrogen) atoms. The Balaban J connectivity index is 0.000000195. The van der Waals surface area contributed by atoms with Gasteiger partial charge in [0.25, 0.3) is 0 Å². The molecular weight excluding hydrogens is 532 g/mol. The maximum absolute atomic E-state index is 11.4. The number of rotatable bonds is 7. The molecule has 0 aliphatic rings. The van der Waals surface area contributed by atoms with Crippen LogP contribution in [0.3, 0.4) is 0 Å². The first-order chi connectivity index (χ1) is 17.9. The molecule has 11 nitrogen and oxygen atoms in total. The number of hydrogen-bond acceptors (Lipinski definition) is 10. The number of halogens is 1. The smallest absolute Gasteiger partial charge is 0.250 e. The molecule has 0 atom stereocenters. The predicted octanol–water partition coefficient (Wildman–Crippen LogP) is 3.78. The van der Waals surface area contributed by atoms with Crippen LogP contribution in [-0.2, 0) is 26.4 Å². The van der Waals surface area contributed by atoms with Crippen molar-refractivity contribution >= 4 is 52.4 Å². The van der Waals surface area contributed by atoms with E-state index in [1.807, 2.05) is 31.0 Å². The van der Waals surface area contributed by atoms with Crippen molar-refractivity contribution in [1.82, 2.24) is 43.7 Å². The van der Waals surface area contributed by atoms with Crippen LogP contribution in [0.4, 0.5) is 5.95 Å². The van der Waals surface area contributed by atoms with Gasteiger partial charge in [0.05, 0.1) is 12.4 Å². The Bertz CT molecular complexity index is 1600. The molecule has 0 fully saturated rings. The highest BCUT2D eigenvalue weighted by Crippen LogP contribution is 2.19. The van der Waals surface area contributed by atoms with Gasteiger partial charge in [0.2, 0.25) is 16.8 Å². The minimum Gasteiger partial charge on any atom is -0.350 e. The number of pyridine rings is 1. The van der Waals surface area contributed by atoms with Crippen LogP contribution in [0, 0.1) is 0 Å². The number of aryl methyl sites for hydroxylation is 3. The zero-order chi connectivity index (χ0) is 26.5. The fourth-order valence-electron chi connectivity index (χ4n) is 3.51. The van der Waals surface area contributed by atoms with Gasteiger partial charge in [0, 0.05) is 37.0 Å². The quantitative estimate of drug-likeness (QED) is 0.295. The SMILES string of the molecule is CCc1cnn2c(Cl)nc(SC)nc12.CCc1cnn2c(NCc3ccc(=O)n(C)c3)nc(SC)nc12. The average Bonchev–Trinajstić information content (AvgIpc) is 3.53. The lowest BCUT2D eigenvalue weighted by Crippen LogP contribution is -2.16. The molecule has 0 amide bonds. The second kappa shape index (κ2) is 11.9. The van der Waals surface area contributed by atoms with E-state index >= 15 is 0 Å². The Kier molecular flexibility index (Phi) is 8.67. The molecule has 0 radical (unpaired) electrons. The molecule has 5 rings (SSSR count). The van der Waals surface area contributed by atoms with Crippen molar-refractivity contribution in [2.24, 2.45) is 7.05 Å². The summed E-state index contributed by atoms with van der Waals surface area (Å²) < 4.78 is 4.84. The van der Waals surface area contributed by atoms with Gasteiger partial charge < -0.3 is 9.88 Å². The monoisotopic (exact) mass is 558 g/mol. The van der Waals surface area contributed by atoms with E-state index in [0.717, 1.165) is 40.8 Å². The molecule has 0 aliphatic heterocycles. The highest BCUT2D eigenvalue weighted by atomic mass is 35.5. The van der Waals surface area contributed by atoms with Crippen molar-refractivity contribution in [2.45, 2.75) is 43.5 Å². The first-order valence-corrected chi connectivity index (χ1v) is 14.3. The van der Waals surface area contributed by atoms with Gasteiger partial charge in [-0.05, 0) is 42.5 Å². The number of hydrogen-bond donors (Lipinski definition) is 1. The minimum atomic E-state index is -0.0255. The Hall–Kier alpha value is -3.16. The molecule has 0 bridgehead atoms. The normalized spacial score (nSPS) is 11.1. The average molecular weight is 559 g/mol. The Labute approximate surface area is 227 Å². The number of thioether (sulfide) groups is 2. The molecule has 0 unspecified atom stereocenters. The zero-order valence-corrected chi connectivity index (χ0v) is 23.5. The van der Waals surface area contributed by atoms with Crippen LogP contribution in [0.15, 0.2) is 45.8 Å². The van der Waals surface area contributed by atoms with Crippen molar-refractivity contribution < 1.29 is 0 Å². The summed E-state index contributed by atoms with van der Waals surface area (Å²) in [5, 5.41) is 13.5. The predicted molar refractivity (Wildman–Crippen MR) is 148 cm³/mol. The number of anilines is 1. The van der Waals surface area contributed by atoms with Crippen LogP contribution in [0.1, 0.15) is 30.5 Å². The first kappa shape index (κ1) is 26.9. The fourth-order valence-corrected chi connectivity index (χ4v) is 4.47. The van der Waals surface area contributed by atoms with Crippen LogP contribution in [0.2, 0.25) is 5.28 Å². The van der Waals surface area contributed by atoms with E-state index in [2.05, 4.69) is 49.3 Å². The van der Waals surface area contributed by atoms with E-state index in [-0.39, 0.29) is 5.56 Å². The molecule has 5 heterocycles. The van der Waals surface area contributed by atoms with Crippen LogP contribution in [-0.4, -0.2) is 56.2 Å². The summed E-state index contributed by atoms with van der Waals surface area (Å²) in [4.78, 5) is 28.9. The molecule has 0 saturated carbocycles. The van der Waals surface area contributed by atoms with E-state index < -0.39 is 0 Å². The molecule has 1 N–H and O–H groups in total. The van der Waals surface area contributed by atoms with Gasteiger partial charge in [-0.2, -0.15) is 29.2 Å². The van der Waals surface area contributed by atoms with Crippen molar-refractivity contribution in [3.8, 4) is 0 Å². The maximum Gasteiger partial charge on any atom is 0.250 e. The Morgan fingerprint density at radius 2 is 1.49 bits per heavy atom. The van der Waals surface area contributed by atoms with Crippen LogP contribution in [0.25, 0.3) is 11.3 Å². The molecule has 5 aromatic heterocycles. The second-order valence-corrected chi connectivity index (χ2v) is 9.76. The van der Waals surface area contributed by atoms with Gasteiger partial charge in [-0.3, -0.25) is 4.79 Å². The van der Waals surface area contributed by atoms with Gasteiger partial charge in [-0.25, -0.2) is 9.97 Å². The van der Waals surface area contributed by atoms with Crippen LogP contribution in [0.5, 0.6) is 0 Å². The largest absolute Gasteiger partial charge is 0.350 e. The standard InChI is InChI=1S/C15H18N6OS.C8H9ClN4S/c1-4-11-8-17-21-13(11)18-15(23-3)19-14(21)16-7-10-5-6-12(22)20(2)9-10;1-3-5-4-10-13-6(5)11-8(14-2)12-7(13)9/h5-6,8-9H,4,7H2,1-3H3,(H,16,18,19);4H,3H2,1-2H3. The fraction of sp³-hybridized carbons (Fsp3) is 0.348. The number of aromatic nitrogens is 9. The second-order valence-electron chi connectivity index (χ2n) is 7.87. The minimum absolute atomic E-state index is 0.0255. The van der Waals surface area contributed by atoms with Crippen molar-refractivity contribution in [2.75, 3.05) is 17.8 Å². The van der Waals surface area contributed by atoms with Crippen LogP contribution >= 0.6 is 35.1 Å². The molecule has 194 valence electrons. The summed E-state index contributed by atoms with van der Waals surface area (Å²) in [6, 6.07) is 3.37. The van der Waals surface area contributed by atoms with Gasteiger partial charge in [0.1, 0.15) is 0 Å². The molecule has 0 aromatic carbocycles. The number of fused-ring (bicyclic) bond motifs is 2. The highest BCUT2D eigenvalue weighted by Gasteiger charge is 2.12. The third-order valence-electron chi connectivity index (χ3n) is 5.53. The third-order valence-corrected chi connectivity index (χ3v) is 6.87. The van der Waals surface area contributed by atoms with Gasteiger partial charge in [0.15, 0.2) is 21.6 Å².